The van der Waals surface area contributed by atoms with Crippen LogP contribution in [0.15, 0.2) is 243 Å². The van der Waals surface area contributed by atoms with Crippen LogP contribution in [0.4, 0.5) is 39.8 Å². The Balaban J connectivity index is 1.07. The maximum absolute atomic E-state index is 4.14. The molecule has 0 spiro atoms. The Bertz CT molecular complexity index is 3840. The van der Waals surface area contributed by atoms with Gasteiger partial charge in [-0.15, -0.1) is 0 Å². The summed E-state index contributed by atoms with van der Waals surface area (Å²) in [6, 6.07) is 74.0. The molecular weight excluding hydrogens is 847 g/mol. The summed E-state index contributed by atoms with van der Waals surface area (Å²) in [5, 5.41) is 12.6. The lowest BCUT2D eigenvalue weighted by Gasteiger charge is -2.34. The van der Waals surface area contributed by atoms with E-state index in [1.54, 1.807) is 0 Å². The van der Waals surface area contributed by atoms with Crippen LogP contribution < -0.4 is 14.7 Å². The van der Waals surface area contributed by atoms with Gasteiger partial charge in [-0.25, -0.2) is 0 Å². The second-order valence-electron chi connectivity index (χ2n) is 18.5. The molecular formula is C67H53N3. The summed E-state index contributed by atoms with van der Waals surface area (Å²) in [7, 11) is 0. The molecule has 0 saturated carbocycles. The Kier molecular flexibility index (Phi) is 10.8. The molecule has 11 aromatic carbocycles. The van der Waals surface area contributed by atoms with Gasteiger partial charge in [0.2, 0.25) is 0 Å². The molecule has 1 aliphatic rings. The first-order valence-corrected chi connectivity index (χ1v) is 24.5. The molecule has 336 valence electrons. The van der Waals surface area contributed by atoms with Crippen molar-refractivity contribution in [1.82, 2.24) is 0 Å². The Labute approximate surface area is 410 Å². The molecule has 0 radical (unpaired) electrons. The lowest BCUT2D eigenvalue weighted by Crippen LogP contribution is -2.23. The highest BCUT2D eigenvalue weighted by molar-refractivity contribution is 6.34. The number of hydrogen-bond donors (Lipinski definition) is 0. The molecule has 1 aliphatic carbocycles. The number of para-hydroxylation sites is 1. The molecule has 70 heavy (non-hydrogen) atoms. The van der Waals surface area contributed by atoms with Gasteiger partial charge in [0.25, 0.3) is 0 Å². The van der Waals surface area contributed by atoms with E-state index in [-0.39, 0.29) is 0 Å². The second-order valence-corrected chi connectivity index (χ2v) is 18.5. The maximum atomic E-state index is 4.14. The predicted molar refractivity (Wildman–Crippen MR) is 302 cm³/mol. The quantitative estimate of drug-likeness (QED) is 0.0727. The Morgan fingerprint density at radius 3 is 1.84 bits per heavy atom. The van der Waals surface area contributed by atoms with Crippen LogP contribution in [0.5, 0.6) is 0 Å². The Morgan fingerprint density at radius 2 is 1.09 bits per heavy atom. The molecule has 3 heteroatoms. The van der Waals surface area contributed by atoms with E-state index in [9.17, 15) is 0 Å². The zero-order chi connectivity index (χ0) is 47.3. The van der Waals surface area contributed by atoms with E-state index in [1.807, 2.05) is 6.08 Å². The standard InChI is InChI=1S/C67H53N3/c1-5-18-50(19-6-2)69(63-33-16-22-47-20-10-12-27-55(47)63)54-38-40-62(46(4)44-54)70(64-41-39-60-58-30-15-24-48-23-14-29-57(66(48)58)59-31-17-32-61(64)67(59)60)53-36-34-52(35-37-53)68(51-25-8-7-9-26-51)65-43-45(3)42-49-21-11-13-28-56(49)65/h5-15,17-21,23-44H,1,16,22H2,2-4H3/b19-6-,50-18+. The van der Waals surface area contributed by atoms with Crippen molar-refractivity contribution in [3.05, 3.63) is 265 Å². The van der Waals surface area contributed by atoms with Crippen molar-refractivity contribution in [3.8, 4) is 0 Å². The SMILES string of the molecule is C=C/C=C(\C=C/C)N(C1=CCCc2ccccc21)c1ccc(N(c2ccc(N(c3ccccc3)c3cc(C)cc4ccccc34)cc2)c2ccc3c4cccc5cccc(c6cccc2c63)c54)c(C)c1. The van der Waals surface area contributed by atoms with Crippen LogP contribution in [-0.4, -0.2) is 0 Å². The summed E-state index contributed by atoms with van der Waals surface area (Å²) in [6.45, 7) is 10.7. The number of fused-ring (bicyclic) bond motifs is 4. The first-order chi connectivity index (χ1) is 34.5. The second kappa shape index (κ2) is 17.8. The van der Waals surface area contributed by atoms with Crippen LogP contribution in [0.1, 0.15) is 35.6 Å². The topological polar surface area (TPSA) is 9.72 Å². The minimum atomic E-state index is 0.979. The number of benzene rings is 11. The van der Waals surface area contributed by atoms with Crippen LogP contribution in [-0.2, 0) is 6.42 Å². The minimum Gasteiger partial charge on any atom is -0.310 e. The summed E-state index contributed by atoms with van der Waals surface area (Å²) in [5.41, 5.74) is 15.0. The predicted octanol–water partition coefficient (Wildman–Crippen LogP) is 18.9. The fourth-order valence-corrected chi connectivity index (χ4v) is 11.2. The highest BCUT2D eigenvalue weighted by Crippen LogP contribution is 2.49. The fourth-order valence-electron chi connectivity index (χ4n) is 11.2. The van der Waals surface area contributed by atoms with Gasteiger partial charge < -0.3 is 14.7 Å². The van der Waals surface area contributed by atoms with Gasteiger partial charge in [0.15, 0.2) is 0 Å². The summed E-state index contributed by atoms with van der Waals surface area (Å²) in [5.74, 6) is 0. The summed E-state index contributed by atoms with van der Waals surface area (Å²) >= 11 is 0. The zero-order valence-corrected chi connectivity index (χ0v) is 39.9. The third kappa shape index (κ3) is 7.21. The maximum Gasteiger partial charge on any atom is 0.0542 e. The third-order valence-electron chi connectivity index (χ3n) is 14.2. The van der Waals surface area contributed by atoms with E-state index in [4.69, 9.17) is 0 Å². The molecule has 0 N–H and O–H groups in total. The normalized spacial score (nSPS) is 12.8. The minimum absolute atomic E-state index is 0.979. The van der Waals surface area contributed by atoms with E-state index >= 15 is 0 Å². The van der Waals surface area contributed by atoms with E-state index in [1.165, 1.54) is 76.2 Å². The van der Waals surface area contributed by atoms with E-state index in [2.05, 4.69) is 267 Å². The van der Waals surface area contributed by atoms with Gasteiger partial charge >= 0.3 is 0 Å². The van der Waals surface area contributed by atoms with Crippen LogP contribution in [0.25, 0.3) is 59.6 Å². The van der Waals surface area contributed by atoms with E-state index in [0.29, 0.717) is 0 Å². The van der Waals surface area contributed by atoms with Crippen molar-refractivity contribution in [2.75, 3.05) is 14.7 Å². The van der Waals surface area contributed by atoms with Crippen molar-refractivity contribution in [2.45, 2.75) is 33.6 Å². The highest BCUT2D eigenvalue weighted by atomic mass is 15.2. The number of aryl methyl sites for hydroxylation is 3. The number of nitrogens with zero attached hydrogens (tertiary/aromatic N) is 3. The first-order valence-electron chi connectivity index (χ1n) is 24.5. The van der Waals surface area contributed by atoms with Gasteiger partial charge in [-0.3, -0.25) is 0 Å². The number of allylic oxidation sites excluding steroid dienone is 5. The molecule has 0 unspecified atom stereocenters. The van der Waals surface area contributed by atoms with Crippen LogP contribution in [0.3, 0.4) is 0 Å². The fraction of sp³-hybridized carbons (Fsp3) is 0.0746. The van der Waals surface area contributed by atoms with Gasteiger partial charge in [0.05, 0.1) is 11.4 Å². The Hall–Kier alpha value is -8.66. The summed E-state index contributed by atoms with van der Waals surface area (Å²) in [4.78, 5) is 7.28. The van der Waals surface area contributed by atoms with E-state index < -0.39 is 0 Å². The van der Waals surface area contributed by atoms with Crippen LogP contribution in [0.2, 0.25) is 0 Å². The average molecular weight is 900 g/mol. The Morgan fingerprint density at radius 1 is 0.486 bits per heavy atom. The molecule has 3 nitrogen and oxygen atoms in total. The van der Waals surface area contributed by atoms with Gasteiger partial charge in [-0.2, -0.15) is 0 Å². The van der Waals surface area contributed by atoms with Crippen LogP contribution >= 0.6 is 0 Å². The smallest absolute Gasteiger partial charge is 0.0542 e. The highest BCUT2D eigenvalue weighted by Gasteiger charge is 2.26. The van der Waals surface area contributed by atoms with Crippen LogP contribution in [0, 0.1) is 13.8 Å². The average Bonchev–Trinajstić information content (AvgIpc) is 3.40. The third-order valence-corrected chi connectivity index (χ3v) is 14.2. The molecule has 0 fully saturated rings. The van der Waals surface area contributed by atoms with Gasteiger partial charge in [0.1, 0.15) is 0 Å². The molecule has 0 atom stereocenters. The molecule has 0 aliphatic heterocycles. The molecule has 0 saturated heterocycles. The van der Waals surface area contributed by atoms with Crippen molar-refractivity contribution < 1.29 is 0 Å². The van der Waals surface area contributed by atoms with Gasteiger partial charge in [-0.1, -0.05) is 158 Å². The first kappa shape index (κ1) is 42.7. The summed E-state index contributed by atoms with van der Waals surface area (Å²) < 4.78 is 0. The molecule has 0 heterocycles. The van der Waals surface area contributed by atoms with Crippen molar-refractivity contribution >= 4 is 99.4 Å². The largest absolute Gasteiger partial charge is 0.310 e. The zero-order valence-electron chi connectivity index (χ0n) is 39.9. The number of hydrogen-bond acceptors (Lipinski definition) is 3. The monoisotopic (exact) mass is 899 g/mol. The van der Waals surface area contributed by atoms with Gasteiger partial charge in [-0.05, 0) is 172 Å². The van der Waals surface area contributed by atoms with Crippen molar-refractivity contribution in [1.29, 1.82) is 0 Å². The molecule has 11 aromatic rings. The lowest BCUT2D eigenvalue weighted by atomic mass is 9.89. The number of anilines is 7. The molecule has 0 bridgehead atoms. The van der Waals surface area contributed by atoms with Crippen molar-refractivity contribution in [3.63, 3.8) is 0 Å². The number of rotatable bonds is 11. The van der Waals surface area contributed by atoms with Crippen molar-refractivity contribution in [2.24, 2.45) is 0 Å². The summed E-state index contributed by atoms with van der Waals surface area (Å²) in [6.07, 6.45) is 12.7. The molecule has 0 aromatic heterocycles. The lowest BCUT2D eigenvalue weighted by molar-refractivity contribution is 0.964. The van der Waals surface area contributed by atoms with E-state index in [0.717, 1.165) is 63.9 Å². The molecule has 12 rings (SSSR count). The molecule has 0 amide bonds. The van der Waals surface area contributed by atoms with Gasteiger partial charge in [0, 0.05) is 56.2 Å².